The Balaban J connectivity index is 1.89. The second-order valence-electron chi connectivity index (χ2n) is 6.20. The predicted molar refractivity (Wildman–Crippen MR) is 104 cm³/mol. The largest absolute Gasteiger partial charge is 0.313 e. The minimum atomic E-state index is -0.584. The summed E-state index contributed by atoms with van der Waals surface area (Å²) in [7, 11) is 0. The number of hydrogen-bond acceptors (Lipinski definition) is 4. The van der Waals surface area contributed by atoms with Crippen molar-refractivity contribution >= 4 is 22.8 Å². The van der Waals surface area contributed by atoms with Crippen molar-refractivity contribution in [2.75, 3.05) is 0 Å². The summed E-state index contributed by atoms with van der Waals surface area (Å²) < 4.78 is 1.59. The third-order valence-electron chi connectivity index (χ3n) is 4.54. The summed E-state index contributed by atoms with van der Waals surface area (Å²) in [6, 6.07) is 21.3. The molecule has 0 unspecified atom stereocenters. The van der Waals surface area contributed by atoms with Gasteiger partial charge in [0.05, 0.1) is 16.1 Å². The Morgan fingerprint density at radius 1 is 0.786 bits per heavy atom. The SMILES string of the molecule is O=C(c1ccccc1)c1cc(C(=O)c2ccccc2[N+](=O)[O-])n2ccccc12. The maximum Gasteiger partial charge on any atom is 0.280 e. The quantitative estimate of drug-likeness (QED) is 0.298. The van der Waals surface area contributed by atoms with E-state index in [0.29, 0.717) is 16.6 Å². The number of hydrogen-bond donors (Lipinski definition) is 0. The fraction of sp³-hybridized carbons (Fsp3) is 0. The maximum atomic E-state index is 13.1. The minimum absolute atomic E-state index is 0.0190. The lowest BCUT2D eigenvalue weighted by Gasteiger charge is -2.03. The third kappa shape index (κ3) is 2.87. The molecule has 0 radical (unpaired) electrons. The number of pyridine rings is 1. The lowest BCUT2D eigenvalue weighted by atomic mass is 10.0. The van der Waals surface area contributed by atoms with Crippen molar-refractivity contribution in [2.24, 2.45) is 0 Å². The van der Waals surface area contributed by atoms with Crippen molar-refractivity contribution in [3.8, 4) is 0 Å². The van der Waals surface area contributed by atoms with E-state index in [9.17, 15) is 19.7 Å². The molecule has 0 atom stereocenters. The summed E-state index contributed by atoms with van der Waals surface area (Å²) in [5.74, 6) is -0.730. The maximum absolute atomic E-state index is 13.1. The molecule has 0 saturated heterocycles. The Hall–Kier alpha value is -4.06. The lowest BCUT2D eigenvalue weighted by molar-refractivity contribution is -0.385. The van der Waals surface area contributed by atoms with E-state index in [0.717, 1.165) is 0 Å². The molecule has 6 heteroatoms. The van der Waals surface area contributed by atoms with Gasteiger partial charge in [0.2, 0.25) is 5.78 Å². The van der Waals surface area contributed by atoms with Crippen LogP contribution in [-0.4, -0.2) is 20.9 Å². The summed E-state index contributed by atoms with van der Waals surface area (Å²) in [6.07, 6.45) is 1.67. The molecular weight excluding hydrogens is 356 g/mol. The van der Waals surface area contributed by atoms with Crippen molar-refractivity contribution in [2.45, 2.75) is 0 Å². The van der Waals surface area contributed by atoms with Crippen molar-refractivity contribution in [1.82, 2.24) is 4.40 Å². The highest BCUT2D eigenvalue weighted by Gasteiger charge is 2.25. The molecule has 136 valence electrons. The van der Waals surface area contributed by atoms with Crippen LogP contribution in [0.4, 0.5) is 5.69 Å². The van der Waals surface area contributed by atoms with Crippen LogP contribution in [0.5, 0.6) is 0 Å². The number of benzene rings is 2. The molecule has 4 aromatic rings. The molecule has 4 rings (SSSR count). The molecule has 0 aliphatic heterocycles. The highest BCUT2D eigenvalue weighted by atomic mass is 16.6. The van der Waals surface area contributed by atoms with Gasteiger partial charge in [-0.1, -0.05) is 48.5 Å². The van der Waals surface area contributed by atoms with Crippen LogP contribution in [-0.2, 0) is 0 Å². The second-order valence-corrected chi connectivity index (χ2v) is 6.20. The number of carbonyl (C=O) groups is 2. The van der Waals surface area contributed by atoms with Gasteiger partial charge in [-0.2, -0.15) is 0 Å². The van der Waals surface area contributed by atoms with Gasteiger partial charge in [-0.25, -0.2) is 0 Å². The molecule has 6 nitrogen and oxygen atoms in total. The van der Waals surface area contributed by atoms with E-state index in [1.807, 2.05) is 6.07 Å². The average Bonchev–Trinajstić information content (AvgIpc) is 3.13. The molecule has 0 saturated carbocycles. The summed E-state index contributed by atoms with van der Waals surface area (Å²) in [4.78, 5) is 36.8. The van der Waals surface area contributed by atoms with Crippen molar-refractivity contribution in [3.05, 3.63) is 118 Å². The molecule has 0 spiro atoms. The van der Waals surface area contributed by atoms with Gasteiger partial charge in [0, 0.05) is 23.4 Å². The number of ketones is 2. The van der Waals surface area contributed by atoms with Gasteiger partial charge < -0.3 is 4.40 Å². The summed E-state index contributed by atoms with van der Waals surface area (Å²) in [5.41, 5.74) is 1.35. The van der Waals surface area contributed by atoms with E-state index < -0.39 is 10.7 Å². The Morgan fingerprint density at radius 3 is 2.21 bits per heavy atom. The van der Waals surface area contributed by atoms with Gasteiger partial charge in [0.15, 0.2) is 5.78 Å². The normalized spacial score (nSPS) is 10.7. The summed E-state index contributed by atoms with van der Waals surface area (Å²) in [6.45, 7) is 0. The first-order valence-corrected chi connectivity index (χ1v) is 8.56. The molecule has 28 heavy (non-hydrogen) atoms. The van der Waals surface area contributed by atoms with E-state index in [-0.39, 0.29) is 22.7 Å². The number of aromatic nitrogens is 1. The molecule has 0 aliphatic rings. The van der Waals surface area contributed by atoms with E-state index in [1.165, 1.54) is 24.3 Å². The molecule has 2 aromatic carbocycles. The number of para-hydroxylation sites is 1. The monoisotopic (exact) mass is 370 g/mol. The standard InChI is InChI=1S/C22H14N2O4/c25-21(15-8-2-1-3-9-15)17-14-20(23-13-7-6-11-18(17)23)22(26)16-10-4-5-12-19(16)24(27)28/h1-14H. The van der Waals surface area contributed by atoms with Gasteiger partial charge in [-0.3, -0.25) is 19.7 Å². The number of nitro benzene ring substituents is 1. The van der Waals surface area contributed by atoms with Crippen molar-refractivity contribution < 1.29 is 14.5 Å². The van der Waals surface area contributed by atoms with Crippen LogP contribution in [0, 0.1) is 10.1 Å². The number of nitro groups is 1. The Bertz CT molecular complexity index is 1230. The van der Waals surface area contributed by atoms with E-state index in [1.54, 1.807) is 59.1 Å². The zero-order valence-corrected chi connectivity index (χ0v) is 14.6. The highest BCUT2D eigenvalue weighted by Crippen LogP contribution is 2.26. The third-order valence-corrected chi connectivity index (χ3v) is 4.54. The van der Waals surface area contributed by atoms with Crippen LogP contribution in [0.25, 0.3) is 5.52 Å². The van der Waals surface area contributed by atoms with Gasteiger partial charge in [-0.15, -0.1) is 0 Å². The minimum Gasteiger partial charge on any atom is -0.313 e. The van der Waals surface area contributed by atoms with Crippen LogP contribution in [0.3, 0.4) is 0 Å². The molecule has 2 aromatic heterocycles. The zero-order chi connectivity index (χ0) is 19.7. The van der Waals surface area contributed by atoms with Crippen molar-refractivity contribution in [1.29, 1.82) is 0 Å². The molecule has 0 aliphatic carbocycles. The predicted octanol–water partition coefficient (Wildman–Crippen LogP) is 4.31. The molecule has 0 N–H and O–H groups in total. The van der Waals surface area contributed by atoms with Gasteiger partial charge in [-0.05, 0) is 24.3 Å². The number of nitrogens with zero attached hydrogens (tertiary/aromatic N) is 2. The van der Waals surface area contributed by atoms with Gasteiger partial charge >= 0.3 is 0 Å². The molecule has 0 bridgehead atoms. The van der Waals surface area contributed by atoms with E-state index >= 15 is 0 Å². The first-order valence-electron chi connectivity index (χ1n) is 8.56. The zero-order valence-electron chi connectivity index (χ0n) is 14.6. The smallest absolute Gasteiger partial charge is 0.280 e. The number of rotatable bonds is 5. The fourth-order valence-corrected chi connectivity index (χ4v) is 3.22. The lowest BCUT2D eigenvalue weighted by Crippen LogP contribution is -2.07. The van der Waals surface area contributed by atoms with E-state index in [2.05, 4.69) is 0 Å². The summed E-state index contributed by atoms with van der Waals surface area (Å²) >= 11 is 0. The van der Waals surface area contributed by atoms with Gasteiger partial charge in [0.25, 0.3) is 5.69 Å². The first-order chi connectivity index (χ1) is 13.6. The Kier molecular flexibility index (Phi) is 4.29. The second kappa shape index (κ2) is 6.92. The molecular formula is C22H14N2O4. The van der Waals surface area contributed by atoms with Crippen LogP contribution in [0.1, 0.15) is 32.0 Å². The molecule has 0 fully saturated rings. The van der Waals surface area contributed by atoms with E-state index in [4.69, 9.17) is 0 Å². The first kappa shape index (κ1) is 17.4. The van der Waals surface area contributed by atoms with Crippen LogP contribution >= 0.6 is 0 Å². The van der Waals surface area contributed by atoms with Crippen molar-refractivity contribution in [3.63, 3.8) is 0 Å². The average molecular weight is 370 g/mol. The van der Waals surface area contributed by atoms with Crippen LogP contribution < -0.4 is 0 Å². The Morgan fingerprint density at radius 2 is 1.46 bits per heavy atom. The highest BCUT2D eigenvalue weighted by molar-refractivity contribution is 6.17. The molecule has 0 amide bonds. The van der Waals surface area contributed by atoms with Crippen LogP contribution in [0.15, 0.2) is 85.1 Å². The topological polar surface area (TPSA) is 81.7 Å². The molecule has 2 heterocycles. The Labute approximate surface area is 159 Å². The van der Waals surface area contributed by atoms with Gasteiger partial charge in [0.1, 0.15) is 5.56 Å². The fourth-order valence-electron chi connectivity index (χ4n) is 3.22. The van der Waals surface area contributed by atoms with Crippen LogP contribution in [0.2, 0.25) is 0 Å². The number of carbonyl (C=O) groups excluding carboxylic acids is 2. The summed E-state index contributed by atoms with van der Waals surface area (Å²) in [5, 5.41) is 11.3. The number of fused-ring (bicyclic) bond motifs is 1.